The lowest BCUT2D eigenvalue weighted by molar-refractivity contribution is 0.235. The molecular weight excluding hydrogens is 198 g/mol. The quantitative estimate of drug-likeness (QED) is 0.802. The van der Waals surface area contributed by atoms with E-state index in [4.69, 9.17) is 5.73 Å². The smallest absolute Gasteiger partial charge is 0.0564 e. The predicted molar refractivity (Wildman–Crippen MR) is 69.1 cm³/mol. The Labute approximate surface area is 98.7 Å². The van der Waals surface area contributed by atoms with E-state index in [1.54, 1.807) is 6.20 Å². The molecule has 1 aromatic rings. The monoisotopic (exact) mass is 221 g/mol. The average Bonchev–Trinajstić information content (AvgIpc) is 2.28. The minimum absolute atomic E-state index is 0.737. The molecule has 1 rings (SSSR count). The SMILES string of the molecule is CCC(C)CN(CC)Cc1cc(N)ccn1. The van der Waals surface area contributed by atoms with Crippen LogP contribution in [-0.2, 0) is 6.54 Å². The molecule has 0 amide bonds. The van der Waals surface area contributed by atoms with Crippen LogP contribution in [0.2, 0.25) is 0 Å². The van der Waals surface area contributed by atoms with Crippen molar-refractivity contribution in [2.24, 2.45) is 5.92 Å². The van der Waals surface area contributed by atoms with E-state index in [2.05, 4.69) is 30.7 Å². The summed E-state index contributed by atoms with van der Waals surface area (Å²) in [4.78, 5) is 6.75. The Morgan fingerprint density at radius 3 is 2.75 bits per heavy atom. The summed E-state index contributed by atoms with van der Waals surface area (Å²) in [5, 5.41) is 0. The van der Waals surface area contributed by atoms with E-state index in [9.17, 15) is 0 Å². The molecule has 16 heavy (non-hydrogen) atoms. The molecule has 1 aromatic heterocycles. The van der Waals surface area contributed by atoms with E-state index in [1.807, 2.05) is 12.1 Å². The van der Waals surface area contributed by atoms with Gasteiger partial charge in [0.1, 0.15) is 0 Å². The summed E-state index contributed by atoms with van der Waals surface area (Å²) in [6, 6.07) is 3.79. The molecule has 0 saturated carbocycles. The maximum Gasteiger partial charge on any atom is 0.0564 e. The fourth-order valence-electron chi connectivity index (χ4n) is 1.69. The number of pyridine rings is 1. The molecule has 0 radical (unpaired) electrons. The Morgan fingerprint density at radius 2 is 2.19 bits per heavy atom. The zero-order valence-electron chi connectivity index (χ0n) is 10.6. The zero-order valence-corrected chi connectivity index (χ0v) is 10.6. The van der Waals surface area contributed by atoms with Crippen LogP contribution in [0, 0.1) is 5.92 Å². The van der Waals surface area contributed by atoms with Gasteiger partial charge in [0.15, 0.2) is 0 Å². The van der Waals surface area contributed by atoms with Gasteiger partial charge in [-0.2, -0.15) is 0 Å². The van der Waals surface area contributed by atoms with Crippen LogP contribution in [0.1, 0.15) is 32.9 Å². The lowest BCUT2D eigenvalue weighted by Gasteiger charge is -2.23. The molecule has 0 spiro atoms. The fourth-order valence-corrected chi connectivity index (χ4v) is 1.69. The molecule has 0 aromatic carbocycles. The van der Waals surface area contributed by atoms with Crippen LogP contribution in [0.5, 0.6) is 0 Å². The highest BCUT2D eigenvalue weighted by molar-refractivity contribution is 5.37. The third-order valence-corrected chi connectivity index (χ3v) is 2.94. The van der Waals surface area contributed by atoms with Crippen LogP contribution in [0.15, 0.2) is 18.3 Å². The largest absolute Gasteiger partial charge is 0.399 e. The standard InChI is InChI=1S/C13H23N3/c1-4-11(3)9-16(5-2)10-13-8-12(14)6-7-15-13/h6-8,11H,4-5,9-10H2,1-3H3,(H2,14,15). The molecule has 90 valence electrons. The van der Waals surface area contributed by atoms with E-state index in [0.717, 1.165) is 36.9 Å². The lowest BCUT2D eigenvalue weighted by Crippen LogP contribution is -2.28. The zero-order chi connectivity index (χ0) is 12.0. The molecular formula is C13H23N3. The highest BCUT2D eigenvalue weighted by atomic mass is 15.1. The molecule has 0 aliphatic carbocycles. The first-order valence-electron chi connectivity index (χ1n) is 6.08. The minimum Gasteiger partial charge on any atom is -0.399 e. The molecule has 0 fully saturated rings. The first-order chi connectivity index (χ1) is 7.65. The normalized spacial score (nSPS) is 13.0. The summed E-state index contributed by atoms with van der Waals surface area (Å²) < 4.78 is 0. The summed E-state index contributed by atoms with van der Waals surface area (Å²) in [7, 11) is 0. The van der Waals surface area contributed by atoms with Crippen molar-refractivity contribution in [1.29, 1.82) is 0 Å². The summed E-state index contributed by atoms with van der Waals surface area (Å²) in [5.41, 5.74) is 7.60. The Hall–Kier alpha value is -1.09. The van der Waals surface area contributed by atoms with E-state index >= 15 is 0 Å². The van der Waals surface area contributed by atoms with Crippen molar-refractivity contribution in [3.8, 4) is 0 Å². The van der Waals surface area contributed by atoms with Crippen molar-refractivity contribution in [2.45, 2.75) is 33.7 Å². The Balaban J connectivity index is 2.56. The number of anilines is 1. The van der Waals surface area contributed by atoms with Crippen LogP contribution in [-0.4, -0.2) is 23.0 Å². The summed E-state index contributed by atoms with van der Waals surface area (Å²) in [5.74, 6) is 0.737. The number of hydrogen-bond acceptors (Lipinski definition) is 3. The van der Waals surface area contributed by atoms with Crippen LogP contribution in [0.25, 0.3) is 0 Å². The number of nitrogens with zero attached hydrogens (tertiary/aromatic N) is 2. The summed E-state index contributed by atoms with van der Waals surface area (Å²) in [6.45, 7) is 9.79. The predicted octanol–water partition coefficient (Wildman–Crippen LogP) is 2.53. The summed E-state index contributed by atoms with van der Waals surface area (Å²) in [6.07, 6.45) is 3.00. The molecule has 3 heteroatoms. The topological polar surface area (TPSA) is 42.1 Å². The van der Waals surface area contributed by atoms with Crippen LogP contribution in [0.4, 0.5) is 5.69 Å². The molecule has 1 heterocycles. The van der Waals surface area contributed by atoms with Gasteiger partial charge in [-0.3, -0.25) is 9.88 Å². The Morgan fingerprint density at radius 1 is 1.44 bits per heavy atom. The van der Waals surface area contributed by atoms with Crippen molar-refractivity contribution in [3.63, 3.8) is 0 Å². The minimum atomic E-state index is 0.737. The van der Waals surface area contributed by atoms with Crippen LogP contribution < -0.4 is 5.73 Å². The number of aromatic nitrogens is 1. The molecule has 0 aliphatic rings. The number of rotatable bonds is 6. The van der Waals surface area contributed by atoms with Gasteiger partial charge in [-0.25, -0.2) is 0 Å². The van der Waals surface area contributed by atoms with E-state index < -0.39 is 0 Å². The van der Waals surface area contributed by atoms with Gasteiger partial charge >= 0.3 is 0 Å². The second-order valence-electron chi connectivity index (χ2n) is 4.42. The van der Waals surface area contributed by atoms with Gasteiger partial charge in [-0.15, -0.1) is 0 Å². The molecule has 2 N–H and O–H groups in total. The Bertz CT molecular complexity index is 312. The van der Waals surface area contributed by atoms with Gasteiger partial charge < -0.3 is 5.73 Å². The van der Waals surface area contributed by atoms with Crippen molar-refractivity contribution in [2.75, 3.05) is 18.8 Å². The van der Waals surface area contributed by atoms with Gasteiger partial charge in [0.25, 0.3) is 0 Å². The van der Waals surface area contributed by atoms with Crippen molar-refractivity contribution in [3.05, 3.63) is 24.0 Å². The molecule has 0 aliphatic heterocycles. The van der Waals surface area contributed by atoms with E-state index in [-0.39, 0.29) is 0 Å². The molecule has 0 saturated heterocycles. The first kappa shape index (κ1) is 13.0. The van der Waals surface area contributed by atoms with Gasteiger partial charge in [0.05, 0.1) is 5.69 Å². The number of nitrogen functional groups attached to an aromatic ring is 1. The molecule has 0 bridgehead atoms. The lowest BCUT2D eigenvalue weighted by atomic mass is 10.1. The average molecular weight is 221 g/mol. The summed E-state index contributed by atoms with van der Waals surface area (Å²) >= 11 is 0. The maximum atomic E-state index is 5.74. The maximum absolute atomic E-state index is 5.74. The fraction of sp³-hybridized carbons (Fsp3) is 0.615. The van der Waals surface area contributed by atoms with Gasteiger partial charge in [0, 0.05) is 25.0 Å². The molecule has 1 atom stereocenters. The number of hydrogen-bond donors (Lipinski definition) is 1. The second kappa shape index (κ2) is 6.48. The van der Waals surface area contributed by atoms with Gasteiger partial charge in [-0.1, -0.05) is 27.2 Å². The Kier molecular flexibility index (Phi) is 5.26. The van der Waals surface area contributed by atoms with Crippen molar-refractivity contribution >= 4 is 5.69 Å². The van der Waals surface area contributed by atoms with Gasteiger partial charge in [0.2, 0.25) is 0 Å². The third kappa shape index (κ3) is 4.19. The van der Waals surface area contributed by atoms with Crippen LogP contribution in [0.3, 0.4) is 0 Å². The highest BCUT2D eigenvalue weighted by Crippen LogP contribution is 2.09. The van der Waals surface area contributed by atoms with Crippen molar-refractivity contribution in [1.82, 2.24) is 9.88 Å². The van der Waals surface area contributed by atoms with Crippen LogP contribution >= 0.6 is 0 Å². The second-order valence-corrected chi connectivity index (χ2v) is 4.42. The molecule has 3 nitrogen and oxygen atoms in total. The van der Waals surface area contributed by atoms with Crippen molar-refractivity contribution < 1.29 is 0 Å². The third-order valence-electron chi connectivity index (χ3n) is 2.94. The highest BCUT2D eigenvalue weighted by Gasteiger charge is 2.08. The van der Waals surface area contributed by atoms with E-state index in [0.29, 0.717) is 0 Å². The molecule has 1 unspecified atom stereocenters. The van der Waals surface area contributed by atoms with E-state index in [1.165, 1.54) is 6.42 Å². The number of nitrogens with two attached hydrogens (primary N) is 1. The first-order valence-corrected chi connectivity index (χ1v) is 6.08. The van der Waals surface area contributed by atoms with Gasteiger partial charge in [-0.05, 0) is 24.6 Å².